The Hall–Kier alpha value is -5.17. The van der Waals surface area contributed by atoms with Gasteiger partial charge in [-0.3, -0.25) is 0 Å². The van der Waals surface area contributed by atoms with Crippen LogP contribution in [0.2, 0.25) is 0 Å². The number of anilines is 6. The highest BCUT2D eigenvalue weighted by atomic mass is 32.2. The fraction of sp³-hybridized carbons (Fsp3) is 0.305. The third-order valence-electron chi connectivity index (χ3n) is 14.4. The molecule has 0 fully saturated rings. The lowest BCUT2D eigenvalue weighted by Gasteiger charge is -2.48. The third kappa shape index (κ3) is 6.67. The number of fused-ring (bicyclic) bond motifs is 8. The predicted molar refractivity (Wildman–Crippen MR) is 280 cm³/mol. The molecule has 0 atom stereocenters. The molecule has 7 aromatic rings. The molecule has 0 amide bonds. The molecular weight excluding hydrogens is 826 g/mol. The molecule has 65 heavy (non-hydrogen) atoms. The quantitative estimate of drug-likeness (QED) is 0.126. The molecule has 0 bridgehead atoms. The molecule has 0 saturated carbocycles. The van der Waals surface area contributed by atoms with Crippen LogP contribution in [0.25, 0.3) is 22.4 Å². The number of hydrogen-bond donors (Lipinski definition) is 0. The van der Waals surface area contributed by atoms with E-state index in [2.05, 4.69) is 227 Å². The van der Waals surface area contributed by atoms with Gasteiger partial charge in [-0.25, -0.2) is 4.57 Å². The number of aromatic nitrogens is 1. The second kappa shape index (κ2) is 14.2. The fourth-order valence-corrected chi connectivity index (χ4v) is 12.8. The Morgan fingerprint density at radius 3 is 1.40 bits per heavy atom. The third-order valence-corrected chi connectivity index (χ3v) is 16.5. The van der Waals surface area contributed by atoms with Crippen LogP contribution in [0.4, 0.5) is 34.1 Å². The van der Waals surface area contributed by atoms with Crippen molar-refractivity contribution in [3.8, 4) is 22.4 Å². The highest BCUT2D eigenvalue weighted by molar-refractivity contribution is 8.00. The Kier molecular flexibility index (Phi) is 9.26. The Morgan fingerprint density at radius 2 is 0.938 bits per heavy atom. The van der Waals surface area contributed by atoms with Crippen LogP contribution in [0.15, 0.2) is 135 Å². The van der Waals surface area contributed by atoms with Crippen molar-refractivity contribution >= 4 is 80.7 Å². The fourth-order valence-electron chi connectivity index (χ4n) is 10.5. The van der Waals surface area contributed by atoms with Gasteiger partial charge in [-0.15, -0.1) is 0 Å². The molecular formula is C59H61BN3S2+. The van der Waals surface area contributed by atoms with Crippen LogP contribution in [0.3, 0.4) is 0 Å². The topological polar surface area (TPSA) is 10.4 Å². The van der Waals surface area contributed by atoms with Crippen LogP contribution in [-0.4, -0.2) is 6.71 Å². The van der Waals surface area contributed by atoms with Crippen molar-refractivity contribution in [2.24, 2.45) is 7.05 Å². The van der Waals surface area contributed by atoms with E-state index in [1.807, 2.05) is 23.5 Å². The van der Waals surface area contributed by atoms with E-state index in [-0.39, 0.29) is 28.4 Å². The largest absolute Gasteiger partial charge is 0.309 e. The molecule has 11 rings (SSSR count). The maximum Gasteiger partial charge on any atom is 0.252 e. The summed E-state index contributed by atoms with van der Waals surface area (Å²) in [7, 11) is 2.15. The Balaban J connectivity index is 1.28. The molecule has 0 N–H and O–H groups in total. The molecule has 4 aliphatic rings. The normalized spacial score (nSPS) is 14.7. The van der Waals surface area contributed by atoms with Gasteiger partial charge >= 0.3 is 0 Å². The minimum atomic E-state index is -0.0388. The van der Waals surface area contributed by atoms with Crippen LogP contribution < -0.4 is 30.8 Å². The van der Waals surface area contributed by atoms with Gasteiger partial charge in [-0.1, -0.05) is 143 Å². The van der Waals surface area contributed by atoms with Gasteiger partial charge in [-0.2, -0.15) is 0 Å². The highest BCUT2D eigenvalue weighted by Gasteiger charge is 2.49. The molecule has 5 heterocycles. The summed E-state index contributed by atoms with van der Waals surface area (Å²) in [5.74, 6) is 0. The van der Waals surface area contributed by atoms with E-state index in [9.17, 15) is 0 Å². The molecule has 0 saturated heterocycles. The van der Waals surface area contributed by atoms with Crippen molar-refractivity contribution in [2.75, 3.05) is 9.80 Å². The molecule has 6 aromatic carbocycles. The average molecular weight is 887 g/mol. The Bertz CT molecular complexity index is 3030. The first-order valence-electron chi connectivity index (χ1n) is 23.4. The van der Waals surface area contributed by atoms with E-state index < -0.39 is 0 Å². The summed E-state index contributed by atoms with van der Waals surface area (Å²) in [6, 6.07) is 43.4. The van der Waals surface area contributed by atoms with Gasteiger partial charge < -0.3 is 9.80 Å². The van der Waals surface area contributed by atoms with Crippen molar-refractivity contribution in [2.45, 2.75) is 131 Å². The van der Waals surface area contributed by atoms with Crippen molar-refractivity contribution < 1.29 is 4.57 Å². The maximum absolute atomic E-state index is 2.67. The summed E-state index contributed by atoms with van der Waals surface area (Å²) in [5, 5.41) is 0. The minimum absolute atomic E-state index is 0.0254. The summed E-state index contributed by atoms with van der Waals surface area (Å²) >= 11 is 3.93. The smallest absolute Gasteiger partial charge is 0.252 e. The zero-order valence-corrected chi connectivity index (χ0v) is 42.3. The summed E-state index contributed by atoms with van der Waals surface area (Å²) < 4.78 is 2.24. The average Bonchev–Trinajstić information content (AvgIpc) is 3.23. The predicted octanol–water partition coefficient (Wildman–Crippen LogP) is 14.4. The minimum Gasteiger partial charge on any atom is -0.309 e. The molecule has 1 aromatic heterocycles. The van der Waals surface area contributed by atoms with Gasteiger partial charge in [-0.05, 0) is 145 Å². The maximum atomic E-state index is 2.67. The molecule has 326 valence electrons. The highest BCUT2D eigenvalue weighted by Crippen LogP contribution is 2.59. The van der Waals surface area contributed by atoms with Crippen LogP contribution in [0.1, 0.15) is 111 Å². The standard InChI is InChI=1S/C59H61BN3S2/c1-34-18-19-35(25-41(34)44-17-15-16-24-61(44)14)36-26-47-53-48(27-36)63-46-23-21-38(57(5,6)7)31-50(46)65-52-33-40(59(11,12)13)29-43(55(52)63)60(53)42-28-39(58(8,9)10)32-51-54(42)62(47)45-22-20-37(56(2,3)4)30-49(45)64-51/h15-33H,1-14H3/q+1. The second-order valence-corrected chi connectivity index (χ2v) is 25.3. The lowest BCUT2D eigenvalue weighted by Crippen LogP contribution is -2.62. The zero-order chi connectivity index (χ0) is 45.9. The number of benzene rings is 6. The summed E-state index contributed by atoms with van der Waals surface area (Å²) in [5.41, 5.74) is 23.6. The molecule has 0 radical (unpaired) electrons. The van der Waals surface area contributed by atoms with Crippen molar-refractivity contribution in [3.63, 3.8) is 0 Å². The van der Waals surface area contributed by atoms with E-state index in [0.717, 1.165) is 0 Å². The van der Waals surface area contributed by atoms with Gasteiger partial charge in [0.25, 0.3) is 6.71 Å². The number of hydrogen-bond acceptors (Lipinski definition) is 4. The molecule has 0 spiro atoms. The summed E-state index contributed by atoms with van der Waals surface area (Å²) in [6.07, 6.45) is 2.15. The summed E-state index contributed by atoms with van der Waals surface area (Å²) in [4.78, 5) is 10.7. The summed E-state index contributed by atoms with van der Waals surface area (Å²) in [6.45, 7) is 30.5. The number of aryl methyl sites for hydroxylation is 2. The van der Waals surface area contributed by atoms with Gasteiger partial charge in [0.1, 0.15) is 7.05 Å². The van der Waals surface area contributed by atoms with Crippen molar-refractivity contribution in [1.82, 2.24) is 0 Å². The molecule has 0 aliphatic carbocycles. The van der Waals surface area contributed by atoms with Crippen molar-refractivity contribution in [1.29, 1.82) is 0 Å². The Labute approximate surface area is 396 Å². The van der Waals surface area contributed by atoms with E-state index in [0.29, 0.717) is 0 Å². The molecule has 6 heteroatoms. The SMILES string of the molecule is Cc1ccc(-c2cc3c4c(c2)N2c5ccc(C(C)(C)C)cc5Sc5cc(C(C)(C)C)cc(c52)B4c2cc(C(C)(C)C)cc4c2N3c2ccc(C(C)(C)C)cc2S4)cc1-c1cccc[n+]1C. The lowest BCUT2D eigenvalue weighted by molar-refractivity contribution is -0.660. The van der Waals surface area contributed by atoms with Crippen molar-refractivity contribution in [3.05, 3.63) is 143 Å². The monoisotopic (exact) mass is 886 g/mol. The van der Waals surface area contributed by atoms with Gasteiger partial charge in [0.15, 0.2) is 6.20 Å². The van der Waals surface area contributed by atoms with Gasteiger partial charge in [0.05, 0.1) is 22.7 Å². The van der Waals surface area contributed by atoms with E-state index in [1.54, 1.807) is 0 Å². The molecule has 4 aliphatic heterocycles. The second-order valence-electron chi connectivity index (χ2n) is 23.2. The first kappa shape index (κ1) is 42.5. The van der Waals surface area contributed by atoms with Crippen LogP contribution in [0.5, 0.6) is 0 Å². The van der Waals surface area contributed by atoms with E-state index >= 15 is 0 Å². The van der Waals surface area contributed by atoms with Crippen LogP contribution in [-0.2, 0) is 28.7 Å². The van der Waals surface area contributed by atoms with Gasteiger partial charge in [0.2, 0.25) is 5.69 Å². The van der Waals surface area contributed by atoms with E-state index in [1.165, 1.54) is 120 Å². The first-order valence-corrected chi connectivity index (χ1v) is 25.1. The van der Waals surface area contributed by atoms with Crippen LogP contribution in [0, 0.1) is 6.92 Å². The van der Waals surface area contributed by atoms with Crippen LogP contribution >= 0.6 is 23.5 Å². The van der Waals surface area contributed by atoms with E-state index in [4.69, 9.17) is 0 Å². The first-order chi connectivity index (χ1) is 30.6. The lowest BCUT2D eigenvalue weighted by atomic mass is 9.33. The molecule has 0 unspecified atom stereocenters. The zero-order valence-electron chi connectivity index (χ0n) is 40.7. The Morgan fingerprint density at radius 1 is 0.462 bits per heavy atom. The number of nitrogens with zero attached hydrogens (tertiary/aromatic N) is 3. The number of pyridine rings is 1. The number of rotatable bonds is 2. The molecule has 3 nitrogen and oxygen atoms in total. The van der Waals surface area contributed by atoms with Gasteiger partial charge in [0, 0.05) is 48.7 Å².